The van der Waals surface area contributed by atoms with E-state index in [1.54, 1.807) is 6.20 Å². The quantitative estimate of drug-likeness (QED) is 0.0608. The van der Waals surface area contributed by atoms with Crippen LogP contribution in [0.4, 0.5) is 10.6 Å². The normalized spacial score (nSPS) is 11.8. The first kappa shape index (κ1) is 38.1. The summed E-state index contributed by atoms with van der Waals surface area (Å²) >= 11 is 0. The molecule has 51 heavy (non-hydrogen) atoms. The molecule has 2 atom stereocenters. The third kappa shape index (κ3) is 14.4. The highest BCUT2D eigenvalue weighted by molar-refractivity contribution is 5.88. The number of carbonyl (C=O) groups excluding carboxylic acids is 3. The van der Waals surface area contributed by atoms with Crippen LogP contribution in [0.3, 0.4) is 0 Å². The summed E-state index contributed by atoms with van der Waals surface area (Å²) in [7, 11) is 0. The second kappa shape index (κ2) is 21.4. The van der Waals surface area contributed by atoms with Crippen LogP contribution in [-0.4, -0.2) is 53.1 Å². The largest absolute Gasteiger partial charge is 0.481 e. The van der Waals surface area contributed by atoms with Crippen LogP contribution >= 0.6 is 0 Å². The van der Waals surface area contributed by atoms with Crippen LogP contribution in [0, 0.1) is 0 Å². The standard InChI is InChI=1S/C40H47N5O6/c46-37(20-8-3-11-25-41-36-19-10-13-26-42-36)44-34(18-9-12-27-43-40(50)51-29-30-14-4-1-5-15-30)39(49)45-35(28-38(47)48)33-23-21-32(22-24-33)31-16-6-2-7-17-31/h1-2,4-7,10,13-17,19,21-24,26,34-35H,3,8-9,11-12,18,20,25,27-29H2,(H,41,42)(H,43,50)(H,44,46)(H,45,49)(H,47,48)/t34-,35?/m0/s1. The molecule has 1 heterocycles. The van der Waals surface area contributed by atoms with Gasteiger partial charge in [0.15, 0.2) is 0 Å². The summed E-state index contributed by atoms with van der Waals surface area (Å²) in [5, 5.41) is 21.4. The first-order valence-electron chi connectivity index (χ1n) is 17.4. The molecule has 3 amide bonds. The lowest BCUT2D eigenvalue weighted by Gasteiger charge is -2.23. The number of aliphatic carboxylic acids is 1. The second-order valence-corrected chi connectivity index (χ2v) is 12.2. The molecule has 0 aliphatic rings. The van der Waals surface area contributed by atoms with E-state index in [0.29, 0.717) is 37.8 Å². The van der Waals surface area contributed by atoms with E-state index < -0.39 is 30.1 Å². The number of nitrogens with one attached hydrogen (secondary N) is 4. The van der Waals surface area contributed by atoms with E-state index in [1.807, 2.05) is 103 Å². The van der Waals surface area contributed by atoms with E-state index in [4.69, 9.17) is 4.74 Å². The van der Waals surface area contributed by atoms with Gasteiger partial charge in [0.05, 0.1) is 12.5 Å². The molecule has 11 heteroatoms. The number of alkyl carbamates (subject to hydrolysis) is 1. The number of aromatic nitrogens is 1. The molecule has 0 bridgehead atoms. The lowest BCUT2D eigenvalue weighted by molar-refractivity contribution is -0.138. The molecule has 4 rings (SSSR count). The lowest BCUT2D eigenvalue weighted by atomic mass is 9.98. The van der Waals surface area contributed by atoms with Crippen molar-refractivity contribution in [1.82, 2.24) is 20.9 Å². The molecule has 0 saturated heterocycles. The Kier molecular flexibility index (Phi) is 16.0. The number of benzene rings is 3. The first-order valence-corrected chi connectivity index (χ1v) is 17.4. The summed E-state index contributed by atoms with van der Waals surface area (Å²) in [6.45, 7) is 1.22. The zero-order valence-corrected chi connectivity index (χ0v) is 28.8. The van der Waals surface area contributed by atoms with Crippen LogP contribution in [0.1, 0.15) is 68.5 Å². The zero-order chi connectivity index (χ0) is 36.1. The van der Waals surface area contributed by atoms with Gasteiger partial charge in [-0.15, -0.1) is 0 Å². The van der Waals surface area contributed by atoms with Crippen molar-refractivity contribution in [3.63, 3.8) is 0 Å². The highest BCUT2D eigenvalue weighted by Crippen LogP contribution is 2.24. The van der Waals surface area contributed by atoms with Crippen LogP contribution in [-0.2, 0) is 25.7 Å². The van der Waals surface area contributed by atoms with E-state index in [1.165, 1.54) is 0 Å². The number of hydrogen-bond acceptors (Lipinski definition) is 7. The van der Waals surface area contributed by atoms with Gasteiger partial charge in [-0.2, -0.15) is 0 Å². The number of hydrogen-bond donors (Lipinski definition) is 5. The summed E-state index contributed by atoms with van der Waals surface area (Å²) in [5.74, 6) is -0.971. The van der Waals surface area contributed by atoms with Gasteiger partial charge in [0.25, 0.3) is 0 Å². The van der Waals surface area contributed by atoms with Crippen molar-refractivity contribution < 1.29 is 29.0 Å². The molecule has 0 fully saturated rings. The third-order valence-electron chi connectivity index (χ3n) is 8.22. The number of carboxylic acid groups (broad SMARTS) is 1. The van der Waals surface area contributed by atoms with Crippen LogP contribution in [0.15, 0.2) is 109 Å². The molecule has 1 aromatic heterocycles. The maximum absolute atomic E-state index is 13.7. The summed E-state index contributed by atoms with van der Waals surface area (Å²) in [6, 6.07) is 30.6. The number of anilines is 1. The van der Waals surface area contributed by atoms with Gasteiger partial charge in [0.1, 0.15) is 18.5 Å². The highest BCUT2D eigenvalue weighted by Gasteiger charge is 2.25. The minimum Gasteiger partial charge on any atom is -0.481 e. The van der Waals surface area contributed by atoms with Crippen molar-refractivity contribution in [1.29, 1.82) is 0 Å². The average Bonchev–Trinajstić information content (AvgIpc) is 3.15. The number of ether oxygens (including phenoxy) is 1. The summed E-state index contributed by atoms with van der Waals surface area (Å²) in [4.78, 5) is 54.9. The molecule has 268 valence electrons. The van der Waals surface area contributed by atoms with E-state index in [2.05, 4.69) is 26.3 Å². The molecule has 0 radical (unpaired) electrons. The monoisotopic (exact) mass is 693 g/mol. The smallest absolute Gasteiger partial charge is 0.407 e. The Bertz CT molecular complexity index is 1640. The predicted octanol–water partition coefficient (Wildman–Crippen LogP) is 6.63. The van der Waals surface area contributed by atoms with Crippen molar-refractivity contribution >= 4 is 29.7 Å². The van der Waals surface area contributed by atoms with E-state index >= 15 is 0 Å². The highest BCUT2D eigenvalue weighted by atomic mass is 16.5. The fraction of sp³-hybridized carbons (Fsp3) is 0.325. The Hall–Kier alpha value is -5.71. The van der Waals surface area contributed by atoms with Gasteiger partial charge in [0, 0.05) is 25.7 Å². The summed E-state index contributed by atoms with van der Waals surface area (Å²) < 4.78 is 5.25. The van der Waals surface area contributed by atoms with Crippen molar-refractivity contribution in [2.75, 3.05) is 18.4 Å². The van der Waals surface area contributed by atoms with Gasteiger partial charge in [-0.3, -0.25) is 14.4 Å². The van der Waals surface area contributed by atoms with Crippen LogP contribution in [0.2, 0.25) is 0 Å². The van der Waals surface area contributed by atoms with Gasteiger partial charge < -0.3 is 31.1 Å². The SMILES string of the molecule is O=C(O)CC(NC(=O)[C@H](CCCCNC(=O)OCc1ccccc1)NC(=O)CCCCCNc1ccccn1)c1ccc(-c2ccccc2)cc1. The lowest BCUT2D eigenvalue weighted by Crippen LogP contribution is -2.48. The molecule has 5 N–H and O–H groups in total. The van der Waals surface area contributed by atoms with Gasteiger partial charge in [0.2, 0.25) is 11.8 Å². The Labute approximate surface area is 299 Å². The Morgan fingerprint density at radius 1 is 0.706 bits per heavy atom. The fourth-order valence-corrected chi connectivity index (χ4v) is 5.48. The summed E-state index contributed by atoms with van der Waals surface area (Å²) in [6.07, 6.45) is 4.81. The van der Waals surface area contributed by atoms with Gasteiger partial charge in [-0.05, 0) is 66.5 Å². The Morgan fingerprint density at radius 2 is 1.39 bits per heavy atom. The summed E-state index contributed by atoms with van der Waals surface area (Å²) in [5.41, 5.74) is 3.52. The molecular formula is C40H47N5O6. The van der Waals surface area contributed by atoms with E-state index in [-0.39, 0.29) is 25.4 Å². The maximum Gasteiger partial charge on any atom is 0.407 e. The number of unbranched alkanes of at least 4 members (excludes halogenated alkanes) is 3. The van der Waals surface area contributed by atoms with Crippen LogP contribution in [0.25, 0.3) is 11.1 Å². The molecule has 0 spiro atoms. The number of carboxylic acids is 1. The third-order valence-corrected chi connectivity index (χ3v) is 8.22. The van der Waals surface area contributed by atoms with Crippen molar-refractivity contribution in [3.05, 3.63) is 120 Å². The van der Waals surface area contributed by atoms with Gasteiger partial charge in [-0.25, -0.2) is 9.78 Å². The Balaban J connectivity index is 1.30. The van der Waals surface area contributed by atoms with E-state index in [0.717, 1.165) is 41.9 Å². The van der Waals surface area contributed by atoms with E-state index in [9.17, 15) is 24.3 Å². The number of amides is 3. The molecule has 11 nitrogen and oxygen atoms in total. The zero-order valence-electron chi connectivity index (χ0n) is 28.8. The maximum atomic E-state index is 13.7. The first-order chi connectivity index (χ1) is 24.9. The fourth-order valence-electron chi connectivity index (χ4n) is 5.48. The molecule has 0 aliphatic carbocycles. The molecule has 0 saturated carbocycles. The van der Waals surface area contributed by atoms with Crippen molar-refractivity contribution in [2.45, 2.75) is 70.1 Å². The van der Waals surface area contributed by atoms with Crippen LogP contribution in [0.5, 0.6) is 0 Å². The number of nitrogens with zero attached hydrogens (tertiary/aromatic N) is 1. The minimum absolute atomic E-state index is 0.161. The molecular weight excluding hydrogens is 646 g/mol. The minimum atomic E-state index is -1.06. The van der Waals surface area contributed by atoms with Crippen molar-refractivity contribution in [3.8, 4) is 11.1 Å². The molecule has 3 aromatic carbocycles. The van der Waals surface area contributed by atoms with Gasteiger partial charge >= 0.3 is 12.1 Å². The predicted molar refractivity (Wildman–Crippen MR) is 197 cm³/mol. The molecule has 4 aromatic rings. The number of rotatable bonds is 21. The number of carbonyl (C=O) groups is 4. The molecule has 0 aliphatic heterocycles. The Morgan fingerprint density at radius 3 is 2.10 bits per heavy atom. The average molecular weight is 694 g/mol. The topological polar surface area (TPSA) is 159 Å². The van der Waals surface area contributed by atoms with Crippen LogP contribution < -0.4 is 21.3 Å². The second-order valence-electron chi connectivity index (χ2n) is 12.2. The molecule has 1 unspecified atom stereocenters. The van der Waals surface area contributed by atoms with Gasteiger partial charge in [-0.1, -0.05) is 97.4 Å². The number of pyridine rings is 1. The van der Waals surface area contributed by atoms with Crippen molar-refractivity contribution in [2.24, 2.45) is 0 Å².